The zero-order valence-corrected chi connectivity index (χ0v) is 17.7. The van der Waals surface area contributed by atoms with Gasteiger partial charge in [-0.3, -0.25) is 10.1 Å². The van der Waals surface area contributed by atoms with Crippen LogP contribution in [0, 0.1) is 0 Å². The van der Waals surface area contributed by atoms with Gasteiger partial charge in [0.05, 0.1) is 24.4 Å². The SMILES string of the molecule is COc1ccc(-c2csc3nc(NC(=O)CCCOc4ccccc4Cl)nn23)cc1. The highest BCUT2D eigenvalue weighted by Gasteiger charge is 2.13. The van der Waals surface area contributed by atoms with Crippen molar-refractivity contribution in [2.75, 3.05) is 19.0 Å². The lowest BCUT2D eigenvalue weighted by atomic mass is 10.2. The number of ether oxygens (including phenoxy) is 2. The van der Waals surface area contributed by atoms with Crippen LogP contribution in [-0.4, -0.2) is 34.2 Å². The molecule has 0 aliphatic heterocycles. The van der Waals surface area contributed by atoms with E-state index in [0.29, 0.717) is 35.2 Å². The number of fused-ring (bicyclic) bond motifs is 1. The molecule has 0 spiro atoms. The molecule has 4 rings (SSSR count). The molecule has 7 nitrogen and oxygen atoms in total. The summed E-state index contributed by atoms with van der Waals surface area (Å²) < 4.78 is 12.5. The van der Waals surface area contributed by atoms with Gasteiger partial charge in [-0.2, -0.15) is 4.98 Å². The van der Waals surface area contributed by atoms with Gasteiger partial charge in [0.1, 0.15) is 11.5 Å². The number of para-hydroxylation sites is 1. The lowest BCUT2D eigenvalue weighted by Gasteiger charge is -2.07. The lowest BCUT2D eigenvalue weighted by Crippen LogP contribution is -2.14. The van der Waals surface area contributed by atoms with Crippen molar-refractivity contribution >= 4 is 39.8 Å². The molecule has 0 saturated heterocycles. The summed E-state index contributed by atoms with van der Waals surface area (Å²) in [5.41, 5.74) is 1.89. The summed E-state index contributed by atoms with van der Waals surface area (Å²) in [4.78, 5) is 17.3. The molecule has 0 fully saturated rings. The van der Waals surface area contributed by atoms with E-state index in [1.54, 1.807) is 23.8 Å². The van der Waals surface area contributed by atoms with Crippen LogP contribution in [0.15, 0.2) is 53.9 Å². The minimum absolute atomic E-state index is 0.165. The number of rotatable bonds is 8. The number of thiazole rings is 1. The fourth-order valence-corrected chi connectivity index (χ4v) is 3.88. The molecule has 1 N–H and O–H groups in total. The molecule has 154 valence electrons. The summed E-state index contributed by atoms with van der Waals surface area (Å²) in [6.07, 6.45) is 0.846. The molecular weight excluding hydrogens is 424 g/mol. The largest absolute Gasteiger partial charge is 0.497 e. The smallest absolute Gasteiger partial charge is 0.250 e. The molecular formula is C21H19ClN4O3S. The van der Waals surface area contributed by atoms with Crippen LogP contribution < -0.4 is 14.8 Å². The third kappa shape index (κ3) is 4.55. The van der Waals surface area contributed by atoms with E-state index in [2.05, 4.69) is 15.4 Å². The second-order valence-corrected chi connectivity index (χ2v) is 7.65. The Labute approximate surface area is 182 Å². The number of aromatic nitrogens is 3. The van der Waals surface area contributed by atoms with Crippen molar-refractivity contribution in [3.05, 3.63) is 58.9 Å². The van der Waals surface area contributed by atoms with E-state index in [4.69, 9.17) is 21.1 Å². The highest BCUT2D eigenvalue weighted by Crippen LogP contribution is 2.27. The molecule has 0 unspecified atom stereocenters. The number of carbonyl (C=O) groups is 1. The molecule has 0 atom stereocenters. The van der Waals surface area contributed by atoms with Crippen LogP contribution in [-0.2, 0) is 4.79 Å². The minimum Gasteiger partial charge on any atom is -0.497 e. The Morgan fingerprint density at radius 1 is 1.20 bits per heavy atom. The predicted octanol–water partition coefficient (Wildman–Crippen LogP) is 4.92. The van der Waals surface area contributed by atoms with E-state index in [1.165, 1.54) is 11.3 Å². The molecule has 2 heterocycles. The fourth-order valence-electron chi connectivity index (χ4n) is 2.86. The van der Waals surface area contributed by atoms with Gasteiger partial charge in [-0.05, 0) is 42.8 Å². The van der Waals surface area contributed by atoms with Gasteiger partial charge >= 0.3 is 0 Å². The number of amides is 1. The molecule has 0 aliphatic rings. The Hall–Kier alpha value is -3.10. The second kappa shape index (κ2) is 9.15. The van der Waals surface area contributed by atoms with Crippen molar-refractivity contribution in [1.82, 2.24) is 14.6 Å². The first-order valence-corrected chi connectivity index (χ1v) is 10.6. The highest BCUT2D eigenvalue weighted by atomic mass is 35.5. The summed E-state index contributed by atoms with van der Waals surface area (Å²) in [7, 11) is 1.63. The van der Waals surface area contributed by atoms with E-state index in [9.17, 15) is 4.79 Å². The number of anilines is 1. The van der Waals surface area contributed by atoms with Crippen LogP contribution >= 0.6 is 22.9 Å². The Kier molecular flexibility index (Phi) is 6.15. The monoisotopic (exact) mass is 442 g/mol. The van der Waals surface area contributed by atoms with Gasteiger partial charge in [-0.15, -0.1) is 16.4 Å². The minimum atomic E-state index is -0.165. The fraction of sp³-hybridized carbons (Fsp3) is 0.190. The summed E-state index contributed by atoms with van der Waals surface area (Å²) >= 11 is 7.51. The topological polar surface area (TPSA) is 77.8 Å². The van der Waals surface area contributed by atoms with E-state index in [1.807, 2.05) is 41.8 Å². The highest BCUT2D eigenvalue weighted by molar-refractivity contribution is 7.15. The number of hydrogen-bond donors (Lipinski definition) is 1. The molecule has 2 aromatic heterocycles. The molecule has 9 heteroatoms. The number of carbonyl (C=O) groups excluding carboxylic acids is 1. The van der Waals surface area contributed by atoms with Crippen molar-refractivity contribution < 1.29 is 14.3 Å². The third-order valence-corrected chi connectivity index (χ3v) is 5.49. The average Bonchev–Trinajstić information content (AvgIpc) is 3.32. The summed E-state index contributed by atoms with van der Waals surface area (Å²) in [6.45, 7) is 0.393. The summed E-state index contributed by atoms with van der Waals surface area (Å²) in [5.74, 6) is 1.52. The first kappa shape index (κ1) is 20.2. The normalized spacial score (nSPS) is 10.9. The molecule has 1 amide bonds. The van der Waals surface area contributed by atoms with Gasteiger partial charge in [0.25, 0.3) is 0 Å². The molecule has 0 radical (unpaired) electrons. The first-order chi connectivity index (χ1) is 14.6. The van der Waals surface area contributed by atoms with Crippen LogP contribution in [0.25, 0.3) is 16.2 Å². The zero-order valence-electron chi connectivity index (χ0n) is 16.2. The van der Waals surface area contributed by atoms with Gasteiger partial charge < -0.3 is 9.47 Å². The Balaban J connectivity index is 1.34. The maximum Gasteiger partial charge on any atom is 0.250 e. The van der Waals surface area contributed by atoms with Crippen molar-refractivity contribution in [3.63, 3.8) is 0 Å². The Morgan fingerprint density at radius 3 is 2.77 bits per heavy atom. The predicted molar refractivity (Wildman–Crippen MR) is 118 cm³/mol. The summed E-state index contributed by atoms with van der Waals surface area (Å²) in [6, 6.07) is 14.9. The average molecular weight is 443 g/mol. The van der Waals surface area contributed by atoms with Crippen LogP contribution in [0.1, 0.15) is 12.8 Å². The van der Waals surface area contributed by atoms with Crippen LogP contribution in [0.2, 0.25) is 5.02 Å². The van der Waals surface area contributed by atoms with Crippen molar-refractivity contribution in [2.24, 2.45) is 0 Å². The molecule has 30 heavy (non-hydrogen) atoms. The van der Waals surface area contributed by atoms with Gasteiger partial charge in [0.15, 0.2) is 0 Å². The lowest BCUT2D eigenvalue weighted by molar-refractivity contribution is -0.116. The van der Waals surface area contributed by atoms with Crippen molar-refractivity contribution in [1.29, 1.82) is 0 Å². The number of halogens is 1. The molecule has 0 bridgehead atoms. The number of nitrogens with one attached hydrogen (secondary N) is 1. The third-order valence-electron chi connectivity index (χ3n) is 4.36. The van der Waals surface area contributed by atoms with E-state index in [0.717, 1.165) is 17.0 Å². The van der Waals surface area contributed by atoms with Crippen molar-refractivity contribution in [2.45, 2.75) is 12.8 Å². The quantitative estimate of drug-likeness (QED) is 0.392. The molecule has 0 saturated carbocycles. The van der Waals surface area contributed by atoms with E-state index >= 15 is 0 Å². The Morgan fingerprint density at radius 2 is 2.00 bits per heavy atom. The maximum absolute atomic E-state index is 12.2. The van der Waals surface area contributed by atoms with Gasteiger partial charge in [0, 0.05) is 17.4 Å². The van der Waals surface area contributed by atoms with Crippen LogP contribution in [0.5, 0.6) is 11.5 Å². The number of benzene rings is 2. The molecule has 4 aromatic rings. The molecule has 2 aromatic carbocycles. The first-order valence-electron chi connectivity index (χ1n) is 9.30. The van der Waals surface area contributed by atoms with Gasteiger partial charge in [-0.1, -0.05) is 23.7 Å². The van der Waals surface area contributed by atoms with Crippen LogP contribution in [0.3, 0.4) is 0 Å². The number of nitrogens with zero attached hydrogens (tertiary/aromatic N) is 3. The molecule has 0 aliphatic carbocycles. The number of methoxy groups -OCH3 is 1. The van der Waals surface area contributed by atoms with Gasteiger partial charge in [-0.25, -0.2) is 4.52 Å². The van der Waals surface area contributed by atoms with E-state index < -0.39 is 0 Å². The van der Waals surface area contributed by atoms with Gasteiger partial charge in [0.2, 0.25) is 16.8 Å². The zero-order chi connectivity index (χ0) is 20.9. The Bertz CT molecular complexity index is 1160. The van der Waals surface area contributed by atoms with Crippen molar-refractivity contribution in [3.8, 4) is 22.8 Å². The number of hydrogen-bond acceptors (Lipinski definition) is 6. The maximum atomic E-state index is 12.2. The van der Waals surface area contributed by atoms with E-state index in [-0.39, 0.29) is 11.9 Å². The summed E-state index contributed by atoms with van der Waals surface area (Å²) in [5, 5.41) is 9.70. The standard InChI is InChI=1S/C21H19ClN4O3S/c1-28-15-10-8-14(9-11-15)17-13-30-21-24-20(25-26(17)21)23-19(27)7-4-12-29-18-6-3-2-5-16(18)22/h2-3,5-6,8-11,13H,4,7,12H2,1H3,(H,23,25,27). The second-order valence-electron chi connectivity index (χ2n) is 6.41. The van der Waals surface area contributed by atoms with Crippen LogP contribution in [0.4, 0.5) is 5.95 Å².